The van der Waals surface area contributed by atoms with E-state index in [9.17, 15) is 4.79 Å². The minimum atomic E-state index is -0.301. The number of carbonyl (C=O) groups excluding carboxylic acids is 1. The quantitative estimate of drug-likeness (QED) is 0.375. The van der Waals surface area contributed by atoms with E-state index >= 15 is 0 Å². The topological polar surface area (TPSA) is 26.3 Å². The average Bonchev–Trinajstić information content (AvgIpc) is 2.16. The van der Waals surface area contributed by atoms with Crippen molar-refractivity contribution in [3.05, 3.63) is 9.15 Å². The lowest BCUT2D eigenvalue weighted by atomic mass is 10.1. The molecule has 88 valence electrons. The largest absolute Gasteiger partial charge is 0.418 e. The van der Waals surface area contributed by atoms with Crippen molar-refractivity contribution in [1.82, 2.24) is 0 Å². The molecule has 0 saturated heterocycles. The van der Waals surface area contributed by atoms with Gasteiger partial charge in [-0.05, 0) is 28.8 Å². The van der Waals surface area contributed by atoms with E-state index in [4.69, 9.17) is 4.74 Å². The molecule has 2 nitrogen and oxygen atoms in total. The fourth-order valence-electron chi connectivity index (χ4n) is 1.16. The number of hydrogen-bond acceptors (Lipinski definition) is 2. The molecule has 0 aromatic rings. The van der Waals surface area contributed by atoms with Crippen LogP contribution in [0.5, 0.6) is 0 Å². The molecule has 0 unspecified atom stereocenters. The van der Waals surface area contributed by atoms with Gasteiger partial charge in [-0.1, -0.05) is 48.5 Å². The zero-order valence-corrected chi connectivity index (χ0v) is 12.5. The molecule has 0 aromatic carbocycles. The van der Waals surface area contributed by atoms with E-state index in [1.165, 1.54) is 32.6 Å². The van der Waals surface area contributed by atoms with Crippen LogP contribution in [-0.4, -0.2) is 5.97 Å². The summed E-state index contributed by atoms with van der Waals surface area (Å²) in [6.45, 7) is 3.59. The smallest absolute Gasteiger partial charge is 0.308 e. The van der Waals surface area contributed by atoms with Crippen molar-refractivity contribution >= 4 is 37.8 Å². The summed E-state index contributed by atoms with van der Waals surface area (Å²) in [4.78, 5) is 10.7. The molecule has 0 aromatic heterocycles. The molecule has 0 saturated carbocycles. The van der Waals surface area contributed by atoms with Crippen molar-refractivity contribution < 1.29 is 9.53 Å². The standard InChI is InChI=1S/C11H18Br2O2/c1-3-4-5-6-7-8-10(12)11(13)15-9(2)14/h3-8H2,1-2H3. The number of ether oxygens (including phenoxy) is 1. The number of allylic oxidation sites excluding steroid dienone is 1. The first-order chi connectivity index (χ1) is 7.07. The maximum Gasteiger partial charge on any atom is 0.308 e. The monoisotopic (exact) mass is 340 g/mol. The number of hydrogen-bond donors (Lipinski definition) is 0. The summed E-state index contributed by atoms with van der Waals surface area (Å²) < 4.78 is 6.33. The zero-order valence-electron chi connectivity index (χ0n) is 9.32. The van der Waals surface area contributed by atoms with Gasteiger partial charge in [0, 0.05) is 11.4 Å². The Morgan fingerprint density at radius 3 is 2.27 bits per heavy atom. The summed E-state index contributed by atoms with van der Waals surface area (Å²) in [5.41, 5.74) is 0. The molecule has 0 aliphatic carbocycles. The van der Waals surface area contributed by atoms with Gasteiger partial charge in [-0.3, -0.25) is 4.79 Å². The van der Waals surface area contributed by atoms with E-state index in [-0.39, 0.29) is 5.97 Å². The van der Waals surface area contributed by atoms with Crippen LogP contribution in [-0.2, 0) is 9.53 Å². The Morgan fingerprint density at radius 1 is 1.13 bits per heavy atom. The van der Waals surface area contributed by atoms with Crippen molar-refractivity contribution in [3.63, 3.8) is 0 Å². The molecule has 0 spiro atoms. The molecular formula is C11H18Br2O2. The van der Waals surface area contributed by atoms with Gasteiger partial charge in [0.2, 0.25) is 0 Å². The molecular weight excluding hydrogens is 324 g/mol. The maximum atomic E-state index is 10.7. The molecule has 0 heterocycles. The summed E-state index contributed by atoms with van der Waals surface area (Å²) in [6, 6.07) is 0. The van der Waals surface area contributed by atoms with Gasteiger partial charge in [-0.15, -0.1) is 0 Å². The molecule has 0 amide bonds. The Balaban J connectivity index is 3.70. The molecule has 4 heteroatoms. The highest BCUT2D eigenvalue weighted by Crippen LogP contribution is 2.24. The highest BCUT2D eigenvalue weighted by molar-refractivity contribution is 9.14. The molecule has 0 N–H and O–H groups in total. The third-order valence-electron chi connectivity index (χ3n) is 1.95. The number of rotatable bonds is 7. The summed E-state index contributed by atoms with van der Waals surface area (Å²) in [7, 11) is 0. The Hall–Kier alpha value is 0.170. The van der Waals surface area contributed by atoms with Crippen LogP contribution in [0.1, 0.15) is 52.4 Å². The highest BCUT2D eigenvalue weighted by Gasteiger charge is 2.04. The summed E-state index contributed by atoms with van der Waals surface area (Å²) in [6.07, 6.45) is 7.10. The van der Waals surface area contributed by atoms with E-state index in [1.54, 1.807) is 0 Å². The number of esters is 1. The number of halogens is 2. The molecule has 0 bridgehead atoms. The molecule has 0 atom stereocenters. The van der Waals surface area contributed by atoms with Crippen molar-refractivity contribution in [1.29, 1.82) is 0 Å². The minimum Gasteiger partial charge on any atom is -0.418 e. The van der Waals surface area contributed by atoms with Gasteiger partial charge < -0.3 is 4.74 Å². The van der Waals surface area contributed by atoms with Gasteiger partial charge in [0.1, 0.15) is 0 Å². The second-order valence-electron chi connectivity index (χ2n) is 3.44. The fourth-order valence-corrected chi connectivity index (χ4v) is 1.95. The van der Waals surface area contributed by atoms with Crippen LogP contribution in [0.3, 0.4) is 0 Å². The van der Waals surface area contributed by atoms with Gasteiger partial charge in [0.15, 0.2) is 4.67 Å². The molecule has 0 fully saturated rings. The first kappa shape index (κ1) is 15.2. The first-order valence-corrected chi connectivity index (χ1v) is 6.89. The number of carbonyl (C=O) groups is 1. The highest BCUT2D eigenvalue weighted by atomic mass is 79.9. The lowest BCUT2D eigenvalue weighted by Crippen LogP contribution is -1.95. The van der Waals surface area contributed by atoms with Gasteiger partial charge in [-0.2, -0.15) is 0 Å². The second kappa shape index (κ2) is 9.40. The predicted molar refractivity (Wildman–Crippen MR) is 70.0 cm³/mol. The zero-order chi connectivity index (χ0) is 11.7. The Kier molecular flexibility index (Phi) is 9.51. The van der Waals surface area contributed by atoms with E-state index in [1.807, 2.05) is 0 Å². The molecule has 0 radical (unpaired) electrons. The van der Waals surface area contributed by atoms with Crippen LogP contribution >= 0.6 is 31.9 Å². The van der Waals surface area contributed by atoms with Crippen LogP contribution in [0.2, 0.25) is 0 Å². The average molecular weight is 342 g/mol. The first-order valence-electron chi connectivity index (χ1n) is 5.30. The van der Waals surface area contributed by atoms with Crippen molar-refractivity contribution in [2.75, 3.05) is 0 Å². The molecule has 0 rings (SSSR count). The molecule has 15 heavy (non-hydrogen) atoms. The third kappa shape index (κ3) is 9.12. The summed E-state index contributed by atoms with van der Waals surface area (Å²) in [5.74, 6) is -0.301. The van der Waals surface area contributed by atoms with E-state index in [0.717, 1.165) is 17.3 Å². The van der Waals surface area contributed by atoms with E-state index < -0.39 is 0 Å². The SMILES string of the molecule is CCCCCCCC(Br)=C(Br)OC(C)=O. The van der Waals surface area contributed by atoms with Gasteiger partial charge in [0.05, 0.1) is 0 Å². The van der Waals surface area contributed by atoms with E-state index in [2.05, 4.69) is 38.8 Å². The van der Waals surface area contributed by atoms with Crippen LogP contribution < -0.4 is 0 Å². The van der Waals surface area contributed by atoms with Gasteiger partial charge in [-0.25, -0.2) is 0 Å². The van der Waals surface area contributed by atoms with Crippen LogP contribution in [0.4, 0.5) is 0 Å². The molecule has 0 aliphatic rings. The Labute approximate surface area is 109 Å². The number of unbranched alkanes of at least 4 members (excludes halogenated alkanes) is 4. The minimum absolute atomic E-state index is 0.301. The van der Waals surface area contributed by atoms with Crippen molar-refractivity contribution in [2.24, 2.45) is 0 Å². The maximum absolute atomic E-state index is 10.7. The second-order valence-corrected chi connectivity index (χ2v) is 5.11. The van der Waals surface area contributed by atoms with Crippen molar-refractivity contribution in [2.45, 2.75) is 52.4 Å². The summed E-state index contributed by atoms with van der Waals surface area (Å²) in [5, 5.41) is 0. The normalized spacial score (nSPS) is 12.3. The van der Waals surface area contributed by atoms with Crippen LogP contribution in [0.15, 0.2) is 9.15 Å². The fraction of sp³-hybridized carbons (Fsp3) is 0.727. The Morgan fingerprint density at radius 2 is 1.73 bits per heavy atom. The summed E-state index contributed by atoms with van der Waals surface area (Å²) >= 11 is 6.61. The predicted octanol–water partition coefficient (Wildman–Crippen LogP) is 4.87. The van der Waals surface area contributed by atoms with Crippen molar-refractivity contribution in [3.8, 4) is 0 Å². The van der Waals surface area contributed by atoms with Crippen LogP contribution in [0.25, 0.3) is 0 Å². The van der Waals surface area contributed by atoms with E-state index in [0.29, 0.717) is 4.67 Å². The third-order valence-corrected chi connectivity index (χ3v) is 3.88. The van der Waals surface area contributed by atoms with Gasteiger partial charge >= 0.3 is 5.97 Å². The molecule has 0 aliphatic heterocycles. The Bertz CT molecular complexity index is 225. The van der Waals surface area contributed by atoms with Gasteiger partial charge in [0.25, 0.3) is 0 Å². The lowest BCUT2D eigenvalue weighted by Gasteiger charge is -2.04. The lowest BCUT2D eigenvalue weighted by molar-refractivity contribution is -0.135. The van der Waals surface area contributed by atoms with Crippen LogP contribution in [0, 0.1) is 0 Å².